The molecule has 0 aliphatic carbocycles. The second kappa shape index (κ2) is 9.43. The van der Waals surface area contributed by atoms with Crippen LogP contribution in [0, 0.1) is 11.6 Å². The highest BCUT2D eigenvalue weighted by Gasteiger charge is 2.41. The third-order valence-electron chi connectivity index (χ3n) is 5.08. The summed E-state index contributed by atoms with van der Waals surface area (Å²) in [7, 11) is 0. The Morgan fingerprint density at radius 2 is 1.82 bits per heavy atom. The number of hydrogen-bond donors (Lipinski definition) is 3. The molecule has 2 aromatic carbocycles. The Morgan fingerprint density at radius 3 is 2.50 bits per heavy atom. The molecule has 0 unspecified atom stereocenters. The molecule has 34 heavy (non-hydrogen) atoms. The lowest BCUT2D eigenvalue weighted by atomic mass is 10.0. The van der Waals surface area contributed by atoms with Gasteiger partial charge in [0.2, 0.25) is 0 Å². The monoisotopic (exact) mass is 474 g/mol. The molecule has 4 rings (SSSR count). The average molecular weight is 474 g/mol. The van der Waals surface area contributed by atoms with Gasteiger partial charge in [0.1, 0.15) is 24.3 Å². The largest absolute Gasteiger partial charge is 0.390 e. The summed E-state index contributed by atoms with van der Waals surface area (Å²) in [5.41, 5.74) is 0.590. The fraction of sp³-hybridized carbons (Fsp3) is 0.182. The summed E-state index contributed by atoms with van der Waals surface area (Å²) in [6.07, 6.45) is 2.55. The maximum atomic E-state index is 14.8. The minimum Gasteiger partial charge on any atom is -0.390 e. The number of hydrogen-bond acceptors (Lipinski definition) is 5. The summed E-state index contributed by atoms with van der Waals surface area (Å²) in [5, 5.41) is 25.5. The van der Waals surface area contributed by atoms with E-state index in [1.807, 2.05) is 0 Å². The normalized spacial score (nSPS) is 12.5. The summed E-state index contributed by atoms with van der Waals surface area (Å²) in [6.45, 7) is -2.06. The molecule has 12 heteroatoms. The lowest BCUT2D eigenvalue weighted by molar-refractivity contribution is -0.0822. The number of aliphatic hydroxyl groups excluding tert-OH is 1. The van der Waals surface area contributed by atoms with Gasteiger partial charge in [0.15, 0.2) is 0 Å². The number of aromatic amines is 1. The van der Waals surface area contributed by atoms with Gasteiger partial charge in [0.05, 0.1) is 35.9 Å². The molecular formula is C22H18F4N6O2. The number of rotatable bonds is 8. The van der Waals surface area contributed by atoms with E-state index in [2.05, 4.69) is 25.7 Å². The van der Waals surface area contributed by atoms with Crippen LogP contribution in [-0.2, 0) is 6.54 Å². The van der Waals surface area contributed by atoms with E-state index in [1.54, 1.807) is 0 Å². The van der Waals surface area contributed by atoms with Crippen molar-refractivity contribution in [1.29, 1.82) is 0 Å². The fourth-order valence-electron chi connectivity index (χ4n) is 3.34. The van der Waals surface area contributed by atoms with Crippen LogP contribution in [0.3, 0.4) is 0 Å². The van der Waals surface area contributed by atoms with Crippen LogP contribution < -0.4 is 5.32 Å². The van der Waals surface area contributed by atoms with Crippen LogP contribution in [0.5, 0.6) is 0 Å². The maximum Gasteiger partial charge on any atom is 0.292 e. The number of amides is 1. The van der Waals surface area contributed by atoms with Crippen LogP contribution in [0.2, 0.25) is 0 Å². The Kier molecular flexibility index (Phi) is 6.41. The van der Waals surface area contributed by atoms with E-state index in [-0.39, 0.29) is 16.8 Å². The molecule has 2 aromatic heterocycles. The summed E-state index contributed by atoms with van der Waals surface area (Å²) in [5.74, 6) is -5.94. The topological polar surface area (TPSA) is 109 Å². The molecule has 8 nitrogen and oxygen atoms in total. The molecule has 176 valence electrons. The number of H-pyrrole nitrogens is 1. The Hall–Kier alpha value is -4.06. The number of carbonyl (C=O) groups is 1. The zero-order valence-corrected chi connectivity index (χ0v) is 17.4. The zero-order chi connectivity index (χ0) is 24.3. The van der Waals surface area contributed by atoms with E-state index in [0.717, 1.165) is 10.9 Å². The quantitative estimate of drug-likeness (QED) is 0.340. The number of benzene rings is 2. The zero-order valence-electron chi connectivity index (χ0n) is 17.4. The third-order valence-corrected chi connectivity index (χ3v) is 5.08. The van der Waals surface area contributed by atoms with Crippen molar-refractivity contribution >= 4 is 5.91 Å². The van der Waals surface area contributed by atoms with Gasteiger partial charge in [-0.2, -0.15) is 20.1 Å². The van der Waals surface area contributed by atoms with E-state index < -0.39 is 42.7 Å². The predicted octanol–water partition coefficient (Wildman–Crippen LogP) is 3.04. The summed E-state index contributed by atoms with van der Waals surface area (Å²) in [4.78, 5) is 13.9. The molecule has 1 amide bonds. The Balaban J connectivity index is 1.66. The smallest absolute Gasteiger partial charge is 0.292 e. The van der Waals surface area contributed by atoms with Gasteiger partial charge in [-0.1, -0.05) is 6.07 Å². The van der Waals surface area contributed by atoms with Gasteiger partial charge in [-0.25, -0.2) is 17.6 Å². The number of halogens is 4. The minimum atomic E-state index is -3.71. The van der Waals surface area contributed by atoms with Gasteiger partial charge in [0, 0.05) is 11.1 Å². The van der Waals surface area contributed by atoms with Crippen LogP contribution >= 0.6 is 0 Å². The summed E-state index contributed by atoms with van der Waals surface area (Å²) in [6, 6.07) is 8.65. The number of aliphatic hydroxyl groups is 1. The molecule has 0 fully saturated rings. The first-order valence-electron chi connectivity index (χ1n) is 10.0. The molecular weight excluding hydrogens is 456 g/mol. The Bertz CT molecular complexity index is 1280. The molecule has 1 atom stereocenters. The molecule has 0 aliphatic rings. The fourth-order valence-corrected chi connectivity index (χ4v) is 3.34. The Labute approximate surface area is 190 Å². The van der Waals surface area contributed by atoms with Crippen LogP contribution in [0.4, 0.5) is 17.6 Å². The molecule has 0 radical (unpaired) electrons. The molecule has 0 saturated heterocycles. The second-order valence-electron chi connectivity index (χ2n) is 7.37. The van der Waals surface area contributed by atoms with E-state index in [1.165, 1.54) is 54.9 Å². The van der Waals surface area contributed by atoms with Crippen LogP contribution in [0.15, 0.2) is 60.9 Å². The van der Waals surface area contributed by atoms with Crippen molar-refractivity contribution in [3.05, 3.63) is 78.1 Å². The van der Waals surface area contributed by atoms with E-state index in [0.29, 0.717) is 11.3 Å². The molecule has 0 aliphatic heterocycles. The lowest BCUT2D eigenvalue weighted by Gasteiger charge is -2.26. The molecule has 0 bridgehead atoms. The highest BCUT2D eigenvalue weighted by atomic mass is 19.3. The van der Waals surface area contributed by atoms with Crippen LogP contribution in [-0.4, -0.2) is 54.8 Å². The first-order valence-corrected chi connectivity index (χ1v) is 10.0. The maximum absolute atomic E-state index is 14.8. The molecule has 3 N–H and O–H groups in total. The van der Waals surface area contributed by atoms with Crippen LogP contribution in [0.25, 0.3) is 22.5 Å². The molecule has 0 spiro atoms. The summed E-state index contributed by atoms with van der Waals surface area (Å²) >= 11 is 0. The number of carbonyl (C=O) groups excluding carboxylic acids is 1. The first-order chi connectivity index (χ1) is 16.3. The van der Waals surface area contributed by atoms with E-state index in [9.17, 15) is 22.4 Å². The standard InChI is InChI=1S/C22H18F4N6O2/c23-14-6-4-13(5-7-14)17-10-18(31-30-17)20-15(2-1-3-16(20)24)21(34)29-19(22(25,26)12-33)11-32-27-8-9-28-32/h1-10,19,33H,11-12H2,(H,29,34)(H,30,31)/t19-/m1/s1. The van der Waals surface area contributed by atoms with Crippen molar-refractivity contribution < 1.29 is 27.5 Å². The van der Waals surface area contributed by atoms with Crippen molar-refractivity contribution in [2.24, 2.45) is 0 Å². The van der Waals surface area contributed by atoms with Gasteiger partial charge >= 0.3 is 0 Å². The first kappa shape index (κ1) is 23.1. The number of nitrogens with one attached hydrogen (secondary N) is 2. The highest BCUT2D eigenvalue weighted by Crippen LogP contribution is 2.29. The third kappa shape index (κ3) is 4.81. The summed E-state index contributed by atoms with van der Waals surface area (Å²) < 4.78 is 56.7. The number of nitrogens with zero attached hydrogens (tertiary/aromatic N) is 4. The highest BCUT2D eigenvalue weighted by molar-refractivity contribution is 6.01. The second-order valence-corrected chi connectivity index (χ2v) is 7.37. The molecule has 4 aromatic rings. The lowest BCUT2D eigenvalue weighted by Crippen LogP contribution is -2.52. The van der Waals surface area contributed by atoms with Crippen molar-refractivity contribution in [2.45, 2.75) is 18.5 Å². The van der Waals surface area contributed by atoms with Crippen molar-refractivity contribution in [2.75, 3.05) is 6.61 Å². The van der Waals surface area contributed by atoms with Gasteiger partial charge < -0.3 is 10.4 Å². The van der Waals surface area contributed by atoms with Gasteiger partial charge in [-0.3, -0.25) is 9.89 Å². The van der Waals surface area contributed by atoms with Crippen molar-refractivity contribution in [3.63, 3.8) is 0 Å². The Morgan fingerprint density at radius 1 is 1.12 bits per heavy atom. The van der Waals surface area contributed by atoms with Gasteiger partial charge in [-0.05, 0) is 42.5 Å². The van der Waals surface area contributed by atoms with E-state index in [4.69, 9.17) is 5.11 Å². The van der Waals surface area contributed by atoms with Crippen molar-refractivity contribution in [1.82, 2.24) is 30.5 Å². The molecule has 0 saturated carbocycles. The van der Waals surface area contributed by atoms with Crippen molar-refractivity contribution in [3.8, 4) is 22.5 Å². The van der Waals surface area contributed by atoms with E-state index >= 15 is 0 Å². The van der Waals surface area contributed by atoms with Crippen LogP contribution in [0.1, 0.15) is 10.4 Å². The number of aromatic nitrogens is 5. The SMILES string of the molecule is O=C(N[C@H](Cn1nccn1)C(F)(F)CO)c1cccc(F)c1-c1cc(-c2ccc(F)cc2)n[nH]1. The van der Waals surface area contributed by atoms with Gasteiger partial charge in [0.25, 0.3) is 11.8 Å². The number of alkyl halides is 2. The minimum absolute atomic E-state index is 0.113. The predicted molar refractivity (Wildman–Crippen MR) is 113 cm³/mol. The average Bonchev–Trinajstić information content (AvgIpc) is 3.51. The van der Waals surface area contributed by atoms with Gasteiger partial charge in [-0.15, -0.1) is 0 Å². The molecule has 2 heterocycles.